The summed E-state index contributed by atoms with van der Waals surface area (Å²) in [4.78, 5) is 25.7. The lowest BCUT2D eigenvalue weighted by molar-refractivity contribution is -0.137. The standard InChI is InChI=1S/C29H32F3N9O/c1-18-5-6-22(15-24(18)37-27-11-19(2)38-41(27)26-16-25(33-3)34-17-35-26)36-28(42)20-12-21(29(30,31)32)14-23(13-20)40-9-7-39(4)8-10-40/h5-6,11-17,37H,7-10H2,1-4H3,(H,36,42)(H,33,34,35). The molecule has 0 atom stereocenters. The molecule has 0 bridgehead atoms. The van der Waals surface area contributed by atoms with E-state index >= 15 is 0 Å². The zero-order valence-electron chi connectivity index (χ0n) is 23.8. The quantitative estimate of drug-likeness (QED) is 0.278. The number of likely N-dealkylation sites (N-methyl/N-ethyl adjacent to an activating group) is 1. The number of alkyl halides is 3. The van der Waals surface area contributed by atoms with Crippen LogP contribution in [-0.4, -0.2) is 70.8 Å². The average Bonchev–Trinajstić information content (AvgIpc) is 3.34. The Bertz CT molecular complexity index is 1590. The number of carbonyl (C=O) groups is 1. The molecule has 1 aliphatic rings. The van der Waals surface area contributed by atoms with E-state index in [1.807, 2.05) is 37.9 Å². The van der Waals surface area contributed by atoms with E-state index in [-0.39, 0.29) is 5.56 Å². The topological polar surface area (TPSA) is 103 Å². The predicted octanol–water partition coefficient (Wildman–Crippen LogP) is 5.09. The molecular formula is C29H32F3N9O. The Labute approximate surface area is 241 Å². The summed E-state index contributed by atoms with van der Waals surface area (Å²) in [6.07, 6.45) is -3.15. The van der Waals surface area contributed by atoms with E-state index in [2.05, 4.69) is 35.9 Å². The Morgan fingerprint density at radius 2 is 1.71 bits per heavy atom. The fourth-order valence-electron chi connectivity index (χ4n) is 4.69. The van der Waals surface area contributed by atoms with Crippen LogP contribution in [0.25, 0.3) is 5.82 Å². The molecular weight excluding hydrogens is 547 g/mol. The van der Waals surface area contributed by atoms with Gasteiger partial charge in [-0.2, -0.15) is 23.0 Å². The number of nitrogens with zero attached hydrogens (tertiary/aromatic N) is 6. The number of aryl methyl sites for hydroxylation is 2. The van der Waals surface area contributed by atoms with Crippen molar-refractivity contribution in [3.63, 3.8) is 0 Å². The van der Waals surface area contributed by atoms with Gasteiger partial charge in [0.1, 0.15) is 18.0 Å². The van der Waals surface area contributed by atoms with Gasteiger partial charge in [-0.15, -0.1) is 0 Å². The number of aromatic nitrogens is 4. The number of hydrogen-bond donors (Lipinski definition) is 3. The molecule has 2 aromatic carbocycles. The van der Waals surface area contributed by atoms with Crippen molar-refractivity contribution in [2.45, 2.75) is 20.0 Å². The normalized spacial score (nSPS) is 14.1. The first-order chi connectivity index (χ1) is 20.0. The highest BCUT2D eigenvalue weighted by Crippen LogP contribution is 2.34. The van der Waals surface area contributed by atoms with Gasteiger partial charge in [-0.25, -0.2) is 9.97 Å². The summed E-state index contributed by atoms with van der Waals surface area (Å²) in [6.45, 7) is 6.37. The second-order valence-corrected chi connectivity index (χ2v) is 10.3. The van der Waals surface area contributed by atoms with Gasteiger partial charge in [-0.1, -0.05) is 6.07 Å². The van der Waals surface area contributed by atoms with E-state index in [0.29, 0.717) is 47.6 Å². The van der Waals surface area contributed by atoms with Gasteiger partial charge in [-0.05, 0) is 56.8 Å². The molecule has 4 aromatic rings. The minimum Gasteiger partial charge on any atom is -0.373 e. The molecule has 13 heteroatoms. The van der Waals surface area contributed by atoms with Gasteiger partial charge in [0.2, 0.25) is 0 Å². The van der Waals surface area contributed by atoms with E-state index in [1.54, 1.807) is 29.9 Å². The van der Waals surface area contributed by atoms with Crippen molar-refractivity contribution >= 4 is 34.6 Å². The van der Waals surface area contributed by atoms with E-state index in [1.165, 1.54) is 12.4 Å². The SMILES string of the molecule is CNc1cc(-n2nc(C)cc2Nc2cc(NC(=O)c3cc(N4CCN(C)CC4)cc(C(F)(F)F)c3)ccc2C)ncn1. The van der Waals surface area contributed by atoms with Gasteiger partial charge < -0.3 is 25.8 Å². The molecule has 5 rings (SSSR count). The van der Waals surface area contributed by atoms with Gasteiger partial charge in [0.25, 0.3) is 5.91 Å². The van der Waals surface area contributed by atoms with Crippen LogP contribution in [0.5, 0.6) is 0 Å². The van der Waals surface area contributed by atoms with Crippen molar-refractivity contribution < 1.29 is 18.0 Å². The second-order valence-electron chi connectivity index (χ2n) is 10.3. The summed E-state index contributed by atoms with van der Waals surface area (Å²) in [5.41, 5.74) is 2.20. The predicted molar refractivity (Wildman–Crippen MR) is 157 cm³/mol. The van der Waals surface area contributed by atoms with Gasteiger partial charge in [0, 0.05) is 68.0 Å². The third-order valence-corrected chi connectivity index (χ3v) is 7.09. The molecule has 1 amide bonds. The van der Waals surface area contributed by atoms with Crippen molar-refractivity contribution in [1.82, 2.24) is 24.6 Å². The Hall–Kier alpha value is -4.65. The first-order valence-corrected chi connectivity index (χ1v) is 13.4. The zero-order valence-corrected chi connectivity index (χ0v) is 23.8. The van der Waals surface area contributed by atoms with Crippen LogP contribution in [0.15, 0.2) is 54.9 Å². The molecule has 1 saturated heterocycles. The van der Waals surface area contributed by atoms with Crippen LogP contribution < -0.4 is 20.9 Å². The van der Waals surface area contributed by atoms with Crippen LogP contribution >= 0.6 is 0 Å². The molecule has 0 saturated carbocycles. The number of nitrogens with one attached hydrogen (secondary N) is 3. The van der Waals surface area contributed by atoms with Crippen molar-refractivity contribution in [3.8, 4) is 5.82 Å². The van der Waals surface area contributed by atoms with Gasteiger partial charge in [-0.3, -0.25) is 4.79 Å². The highest BCUT2D eigenvalue weighted by molar-refractivity contribution is 6.05. The molecule has 3 N–H and O–H groups in total. The van der Waals surface area contributed by atoms with E-state index in [9.17, 15) is 18.0 Å². The van der Waals surface area contributed by atoms with Gasteiger partial charge >= 0.3 is 6.18 Å². The number of rotatable bonds is 7. The van der Waals surface area contributed by atoms with Crippen LogP contribution in [0, 0.1) is 13.8 Å². The minimum atomic E-state index is -4.59. The van der Waals surface area contributed by atoms with Gasteiger partial charge in [0.05, 0.1) is 11.3 Å². The smallest absolute Gasteiger partial charge is 0.373 e. The van der Waals surface area contributed by atoms with E-state index in [4.69, 9.17) is 0 Å². The molecule has 220 valence electrons. The Balaban J connectivity index is 1.40. The largest absolute Gasteiger partial charge is 0.416 e. The fourth-order valence-corrected chi connectivity index (χ4v) is 4.69. The molecule has 3 heterocycles. The molecule has 1 aliphatic heterocycles. The molecule has 42 heavy (non-hydrogen) atoms. The molecule has 0 spiro atoms. The third-order valence-electron chi connectivity index (χ3n) is 7.09. The third kappa shape index (κ3) is 6.46. The lowest BCUT2D eigenvalue weighted by Gasteiger charge is -2.34. The van der Waals surface area contributed by atoms with Gasteiger partial charge in [0.15, 0.2) is 5.82 Å². The lowest BCUT2D eigenvalue weighted by atomic mass is 10.1. The molecule has 1 fully saturated rings. The number of anilines is 5. The maximum Gasteiger partial charge on any atom is 0.416 e. The molecule has 0 aliphatic carbocycles. The summed E-state index contributed by atoms with van der Waals surface area (Å²) in [6, 6.07) is 12.4. The number of hydrogen-bond acceptors (Lipinski definition) is 8. The van der Waals surface area contributed by atoms with E-state index in [0.717, 1.165) is 36.5 Å². The minimum absolute atomic E-state index is 0.0633. The second kappa shape index (κ2) is 11.7. The maximum atomic E-state index is 13.8. The summed E-state index contributed by atoms with van der Waals surface area (Å²) in [7, 11) is 3.73. The van der Waals surface area contributed by atoms with E-state index < -0.39 is 17.6 Å². The van der Waals surface area contributed by atoms with Crippen LogP contribution in [0.1, 0.15) is 27.2 Å². The summed E-state index contributed by atoms with van der Waals surface area (Å²) in [5.74, 6) is 1.18. The lowest BCUT2D eigenvalue weighted by Crippen LogP contribution is -2.44. The Morgan fingerprint density at radius 1 is 0.952 bits per heavy atom. The molecule has 0 unspecified atom stereocenters. The van der Waals surface area contributed by atoms with Crippen LogP contribution in [-0.2, 0) is 6.18 Å². The first kappa shape index (κ1) is 28.9. The van der Waals surface area contributed by atoms with Crippen LogP contribution in [0.4, 0.5) is 41.9 Å². The number of amides is 1. The highest BCUT2D eigenvalue weighted by Gasteiger charge is 2.32. The summed E-state index contributed by atoms with van der Waals surface area (Å²) < 4.78 is 43.0. The van der Waals surface area contributed by atoms with Crippen molar-refractivity contribution in [1.29, 1.82) is 0 Å². The Kier molecular flexibility index (Phi) is 8.03. The maximum absolute atomic E-state index is 13.8. The first-order valence-electron chi connectivity index (χ1n) is 13.4. The molecule has 0 radical (unpaired) electrons. The van der Waals surface area contributed by atoms with Crippen molar-refractivity contribution in [2.24, 2.45) is 0 Å². The summed E-state index contributed by atoms with van der Waals surface area (Å²) >= 11 is 0. The highest BCUT2D eigenvalue weighted by atomic mass is 19.4. The fraction of sp³-hybridized carbons (Fsp3) is 0.310. The number of carbonyl (C=O) groups excluding carboxylic acids is 1. The molecule has 2 aromatic heterocycles. The Morgan fingerprint density at radius 3 is 2.43 bits per heavy atom. The average molecular weight is 580 g/mol. The molecule has 10 nitrogen and oxygen atoms in total. The zero-order chi connectivity index (χ0) is 30.0. The number of halogens is 3. The van der Waals surface area contributed by atoms with Crippen molar-refractivity contribution in [2.75, 3.05) is 61.1 Å². The number of piperazine rings is 1. The van der Waals surface area contributed by atoms with Crippen LogP contribution in [0.2, 0.25) is 0 Å². The van der Waals surface area contributed by atoms with Crippen LogP contribution in [0.3, 0.4) is 0 Å². The number of benzene rings is 2. The monoisotopic (exact) mass is 579 g/mol. The van der Waals surface area contributed by atoms with Crippen molar-refractivity contribution in [3.05, 3.63) is 77.2 Å². The summed E-state index contributed by atoms with van der Waals surface area (Å²) in [5, 5.41) is 13.6.